The number of nitrogens with one attached hydrogen (secondary N) is 1. The van der Waals surface area contributed by atoms with Crippen molar-refractivity contribution in [3.63, 3.8) is 0 Å². The first-order chi connectivity index (χ1) is 8.90. The van der Waals surface area contributed by atoms with Gasteiger partial charge in [0.2, 0.25) is 10.0 Å². The largest absolute Gasteiger partial charge is 0.399 e. The fraction of sp³-hybridized carbons (Fsp3) is 0.231. The Bertz CT molecular complexity index is 664. The number of hydrogen-bond acceptors (Lipinski definition) is 4. The minimum atomic E-state index is -3.52. The zero-order valence-corrected chi connectivity index (χ0v) is 12.4. The molecule has 1 unspecified atom stereocenters. The van der Waals surface area contributed by atoms with Crippen molar-refractivity contribution >= 4 is 27.0 Å². The van der Waals surface area contributed by atoms with E-state index in [4.69, 9.17) is 5.73 Å². The normalized spacial score (nSPS) is 13.4. The molecule has 2 rings (SSSR count). The number of anilines is 1. The molecule has 0 bridgehead atoms. The third kappa shape index (κ3) is 3.15. The van der Waals surface area contributed by atoms with Crippen molar-refractivity contribution < 1.29 is 8.42 Å². The van der Waals surface area contributed by atoms with Crippen LogP contribution in [-0.4, -0.2) is 8.42 Å². The lowest BCUT2D eigenvalue weighted by atomic mass is 10.2. The van der Waals surface area contributed by atoms with Gasteiger partial charge in [0.15, 0.2) is 0 Å². The van der Waals surface area contributed by atoms with Crippen molar-refractivity contribution in [1.82, 2.24) is 4.72 Å². The highest BCUT2D eigenvalue weighted by atomic mass is 32.2. The van der Waals surface area contributed by atoms with E-state index in [-0.39, 0.29) is 10.9 Å². The number of aryl methyl sites for hydroxylation is 1. The monoisotopic (exact) mass is 296 g/mol. The summed E-state index contributed by atoms with van der Waals surface area (Å²) in [6.07, 6.45) is 0. The van der Waals surface area contributed by atoms with Gasteiger partial charge in [-0.05, 0) is 49.1 Å². The SMILES string of the molecule is Cc1cc(S(=O)(=O)NC(C)c2cccs2)ccc1N. The van der Waals surface area contributed by atoms with Crippen molar-refractivity contribution in [3.8, 4) is 0 Å². The maximum atomic E-state index is 12.3. The van der Waals surface area contributed by atoms with Gasteiger partial charge in [0.1, 0.15) is 0 Å². The molecule has 4 nitrogen and oxygen atoms in total. The van der Waals surface area contributed by atoms with Gasteiger partial charge in [0.05, 0.1) is 10.9 Å². The molecule has 2 aromatic rings. The lowest BCUT2D eigenvalue weighted by Gasteiger charge is -2.13. The van der Waals surface area contributed by atoms with E-state index in [2.05, 4.69) is 4.72 Å². The third-order valence-corrected chi connectivity index (χ3v) is 5.45. The highest BCUT2D eigenvalue weighted by Crippen LogP contribution is 2.22. The average Bonchev–Trinajstić information content (AvgIpc) is 2.85. The lowest BCUT2D eigenvalue weighted by molar-refractivity contribution is 0.568. The Labute approximate surface area is 117 Å². The topological polar surface area (TPSA) is 72.2 Å². The molecule has 0 saturated heterocycles. The van der Waals surface area contributed by atoms with Crippen molar-refractivity contribution in [1.29, 1.82) is 0 Å². The Morgan fingerprint density at radius 1 is 1.32 bits per heavy atom. The van der Waals surface area contributed by atoms with Crippen LogP contribution in [0, 0.1) is 6.92 Å². The lowest BCUT2D eigenvalue weighted by Crippen LogP contribution is -2.26. The molecular weight excluding hydrogens is 280 g/mol. The Morgan fingerprint density at radius 2 is 2.05 bits per heavy atom. The number of nitrogen functional groups attached to an aromatic ring is 1. The predicted molar refractivity (Wildman–Crippen MR) is 78.6 cm³/mol. The molecule has 6 heteroatoms. The van der Waals surface area contributed by atoms with E-state index >= 15 is 0 Å². The van der Waals surface area contributed by atoms with Crippen LogP contribution in [0.25, 0.3) is 0 Å². The molecule has 19 heavy (non-hydrogen) atoms. The maximum absolute atomic E-state index is 12.3. The van der Waals surface area contributed by atoms with Crippen LogP contribution in [0.1, 0.15) is 23.4 Å². The zero-order chi connectivity index (χ0) is 14.0. The van der Waals surface area contributed by atoms with Crippen LogP contribution in [0.4, 0.5) is 5.69 Å². The van der Waals surface area contributed by atoms with Gasteiger partial charge < -0.3 is 5.73 Å². The van der Waals surface area contributed by atoms with Crippen LogP contribution < -0.4 is 10.5 Å². The van der Waals surface area contributed by atoms with E-state index in [0.29, 0.717) is 5.69 Å². The molecule has 1 atom stereocenters. The molecular formula is C13H16N2O2S2. The summed E-state index contributed by atoms with van der Waals surface area (Å²) in [5.74, 6) is 0. The van der Waals surface area contributed by atoms with E-state index < -0.39 is 10.0 Å². The van der Waals surface area contributed by atoms with Gasteiger partial charge in [-0.15, -0.1) is 11.3 Å². The molecule has 3 N–H and O–H groups in total. The Morgan fingerprint density at radius 3 is 2.63 bits per heavy atom. The van der Waals surface area contributed by atoms with E-state index in [1.807, 2.05) is 24.4 Å². The van der Waals surface area contributed by atoms with Gasteiger partial charge in [-0.25, -0.2) is 13.1 Å². The predicted octanol–water partition coefficient (Wildman–Crippen LogP) is 2.68. The molecule has 0 fully saturated rings. The summed E-state index contributed by atoms with van der Waals surface area (Å²) in [6, 6.07) is 8.28. The Kier molecular flexibility index (Phi) is 3.93. The second kappa shape index (κ2) is 5.32. The molecule has 0 spiro atoms. The van der Waals surface area contributed by atoms with Crippen molar-refractivity contribution in [2.75, 3.05) is 5.73 Å². The highest BCUT2D eigenvalue weighted by molar-refractivity contribution is 7.89. The van der Waals surface area contributed by atoms with Crippen LogP contribution in [0.15, 0.2) is 40.6 Å². The van der Waals surface area contributed by atoms with Crippen LogP contribution in [-0.2, 0) is 10.0 Å². The average molecular weight is 296 g/mol. The van der Waals surface area contributed by atoms with Gasteiger partial charge >= 0.3 is 0 Å². The number of thiophene rings is 1. The van der Waals surface area contributed by atoms with Gasteiger partial charge in [0, 0.05) is 10.6 Å². The summed E-state index contributed by atoms with van der Waals surface area (Å²) < 4.78 is 27.2. The van der Waals surface area contributed by atoms with Gasteiger partial charge in [0.25, 0.3) is 0 Å². The number of rotatable bonds is 4. The summed E-state index contributed by atoms with van der Waals surface area (Å²) in [5, 5.41) is 1.92. The maximum Gasteiger partial charge on any atom is 0.241 e. The molecule has 102 valence electrons. The van der Waals surface area contributed by atoms with Crippen LogP contribution in [0.5, 0.6) is 0 Å². The molecule has 1 aromatic carbocycles. The van der Waals surface area contributed by atoms with Gasteiger partial charge in [-0.2, -0.15) is 0 Å². The molecule has 0 aliphatic rings. The minimum absolute atomic E-state index is 0.239. The minimum Gasteiger partial charge on any atom is -0.399 e. The van der Waals surface area contributed by atoms with Crippen LogP contribution in [0.3, 0.4) is 0 Å². The van der Waals surface area contributed by atoms with E-state index in [0.717, 1.165) is 10.4 Å². The smallest absolute Gasteiger partial charge is 0.241 e. The summed E-state index contributed by atoms with van der Waals surface area (Å²) in [5.41, 5.74) is 7.04. The molecule has 1 aromatic heterocycles. The summed E-state index contributed by atoms with van der Waals surface area (Å²) in [4.78, 5) is 1.22. The van der Waals surface area contributed by atoms with Crippen molar-refractivity contribution in [3.05, 3.63) is 46.2 Å². The van der Waals surface area contributed by atoms with Crippen LogP contribution >= 0.6 is 11.3 Å². The highest BCUT2D eigenvalue weighted by Gasteiger charge is 2.19. The van der Waals surface area contributed by atoms with E-state index in [1.54, 1.807) is 19.1 Å². The number of benzene rings is 1. The van der Waals surface area contributed by atoms with Crippen molar-refractivity contribution in [2.24, 2.45) is 0 Å². The van der Waals surface area contributed by atoms with Crippen LogP contribution in [0.2, 0.25) is 0 Å². The first-order valence-corrected chi connectivity index (χ1v) is 8.18. The molecule has 0 saturated carbocycles. The number of nitrogens with two attached hydrogens (primary N) is 1. The van der Waals surface area contributed by atoms with Gasteiger partial charge in [-0.1, -0.05) is 6.07 Å². The molecule has 0 radical (unpaired) electrons. The van der Waals surface area contributed by atoms with E-state index in [9.17, 15) is 8.42 Å². The fourth-order valence-corrected chi connectivity index (χ4v) is 3.83. The Balaban J connectivity index is 2.25. The Hall–Kier alpha value is -1.37. The first kappa shape index (κ1) is 14.0. The summed E-state index contributed by atoms with van der Waals surface area (Å²) in [7, 11) is -3.52. The summed E-state index contributed by atoms with van der Waals surface area (Å²) in [6.45, 7) is 3.62. The standard InChI is InChI=1S/C13H16N2O2S2/c1-9-8-11(5-6-12(9)14)19(16,17)15-10(2)13-4-3-7-18-13/h3-8,10,15H,14H2,1-2H3. The molecule has 0 aliphatic carbocycles. The number of sulfonamides is 1. The molecule has 0 aliphatic heterocycles. The number of hydrogen-bond donors (Lipinski definition) is 2. The fourth-order valence-electron chi connectivity index (χ4n) is 1.71. The van der Waals surface area contributed by atoms with Crippen molar-refractivity contribution in [2.45, 2.75) is 24.8 Å². The quantitative estimate of drug-likeness (QED) is 0.852. The first-order valence-electron chi connectivity index (χ1n) is 5.82. The van der Waals surface area contributed by atoms with Gasteiger partial charge in [-0.3, -0.25) is 0 Å². The van der Waals surface area contributed by atoms with E-state index in [1.165, 1.54) is 17.4 Å². The zero-order valence-electron chi connectivity index (χ0n) is 10.8. The third-order valence-electron chi connectivity index (χ3n) is 2.85. The molecule has 1 heterocycles. The second-order valence-electron chi connectivity index (χ2n) is 4.38. The second-order valence-corrected chi connectivity index (χ2v) is 7.07. The summed E-state index contributed by atoms with van der Waals surface area (Å²) >= 11 is 1.53. The molecule has 0 amide bonds.